The molecule has 0 aromatic heterocycles. The Bertz CT molecular complexity index is 630. The molecule has 1 unspecified atom stereocenters. The molecule has 0 aliphatic carbocycles. The molecule has 0 radical (unpaired) electrons. The topological polar surface area (TPSA) is 18.5 Å². The summed E-state index contributed by atoms with van der Waals surface area (Å²) < 4.78 is 25.2. The van der Waals surface area contributed by atoms with E-state index in [9.17, 15) is 4.39 Å². The quantitative estimate of drug-likeness (QED) is 0.579. The molecule has 0 N–H and O–H groups in total. The number of rotatable bonds is 6. The van der Waals surface area contributed by atoms with Crippen LogP contribution in [0, 0.1) is 5.82 Å². The van der Waals surface area contributed by atoms with Crippen LogP contribution in [0.1, 0.15) is 11.1 Å². The minimum Gasteiger partial charge on any atom is -0.496 e. The van der Waals surface area contributed by atoms with E-state index < -0.39 is 10.9 Å². The average molecular weight is 307 g/mol. The Labute approximate surface area is 128 Å². The first kappa shape index (κ1) is 15.5. The number of para-hydroxylation sites is 1. The second kappa shape index (κ2) is 6.74. The van der Waals surface area contributed by atoms with E-state index in [-0.39, 0.29) is 12.2 Å². The lowest BCUT2D eigenvalue weighted by molar-refractivity contribution is 0.0629. The van der Waals surface area contributed by atoms with Crippen LogP contribution >= 0.6 is 11.6 Å². The summed E-state index contributed by atoms with van der Waals surface area (Å²) in [5.74, 6) is 0.0854. The lowest BCUT2D eigenvalue weighted by Crippen LogP contribution is -2.27. The maximum Gasteiger partial charge on any atom is 0.199 e. The summed E-state index contributed by atoms with van der Waals surface area (Å²) in [5, 5.41) is -1.48. The van der Waals surface area contributed by atoms with E-state index in [0.29, 0.717) is 11.3 Å². The molecule has 0 aliphatic rings. The fraction of sp³-hybridized carbons (Fsp3) is 0.176. The van der Waals surface area contributed by atoms with Crippen LogP contribution in [0.4, 0.5) is 4.39 Å². The molecule has 0 fully saturated rings. The van der Waals surface area contributed by atoms with Crippen molar-refractivity contribution in [2.24, 2.45) is 0 Å². The average Bonchev–Trinajstić information content (AvgIpc) is 2.53. The van der Waals surface area contributed by atoms with E-state index in [0.717, 1.165) is 0 Å². The highest BCUT2D eigenvalue weighted by Crippen LogP contribution is 2.43. The van der Waals surface area contributed by atoms with Crippen molar-refractivity contribution < 1.29 is 13.9 Å². The molecule has 0 heterocycles. The van der Waals surface area contributed by atoms with Gasteiger partial charge in [-0.2, -0.15) is 0 Å². The molecule has 0 saturated heterocycles. The fourth-order valence-electron chi connectivity index (χ4n) is 2.11. The number of hydrogen-bond donors (Lipinski definition) is 0. The first-order valence-electron chi connectivity index (χ1n) is 6.45. The Kier molecular flexibility index (Phi) is 4.99. The van der Waals surface area contributed by atoms with Gasteiger partial charge in [0, 0.05) is 11.1 Å². The van der Waals surface area contributed by atoms with Gasteiger partial charge < -0.3 is 9.47 Å². The van der Waals surface area contributed by atoms with Gasteiger partial charge in [-0.25, -0.2) is 4.39 Å². The summed E-state index contributed by atoms with van der Waals surface area (Å²) in [6.07, 6.45) is 1.56. The van der Waals surface area contributed by atoms with Gasteiger partial charge in [-0.3, -0.25) is 0 Å². The number of benzene rings is 2. The maximum absolute atomic E-state index is 14.2. The molecule has 0 spiro atoms. The van der Waals surface area contributed by atoms with Gasteiger partial charge in [-0.05, 0) is 12.1 Å². The third kappa shape index (κ3) is 3.09. The lowest BCUT2D eigenvalue weighted by atomic mass is 9.99. The van der Waals surface area contributed by atoms with Crippen LogP contribution < -0.4 is 4.74 Å². The van der Waals surface area contributed by atoms with Gasteiger partial charge in [0.2, 0.25) is 0 Å². The monoisotopic (exact) mass is 306 g/mol. The summed E-state index contributed by atoms with van der Waals surface area (Å²) in [4.78, 5) is 0. The van der Waals surface area contributed by atoms with Gasteiger partial charge in [0.1, 0.15) is 11.6 Å². The highest BCUT2D eigenvalue weighted by molar-refractivity contribution is 6.25. The second-order valence-electron chi connectivity index (χ2n) is 4.38. The molecular weight excluding hydrogens is 291 g/mol. The Morgan fingerprint density at radius 3 is 2.38 bits per heavy atom. The molecule has 0 bridgehead atoms. The number of ether oxygens (including phenoxy) is 2. The van der Waals surface area contributed by atoms with Gasteiger partial charge in [-0.1, -0.05) is 54.1 Å². The van der Waals surface area contributed by atoms with Crippen molar-refractivity contribution in [3.05, 3.63) is 78.1 Å². The first-order chi connectivity index (χ1) is 10.1. The molecule has 1 atom stereocenters. The van der Waals surface area contributed by atoms with Gasteiger partial charge >= 0.3 is 0 Å². The van der Waals surface area contributed by atoms with Crippen molar-refractivity contribution in [1.29, 1.82) is 0 Å². The van der Waals surface area contributed by atoms with Crippen LogP contribution in [0.25, 0.3) is 0 Å². The largest absolute Gasteiger partial charge is 0.496 e. The van der Waals surface area contributed by atoms with Crippen molar-refractivity contribution in [2.45, 2.75) is 5.06 Å². The summed E-state index contributed by atoms with van der Waals surface area (Å²) >= 11 is 6.67. The normalized spacial score (nSPS) is 13.5. The minimum atomic E-state index is -1.48. The van der Waals surface area contributed by atoms with Gasteiger partial charge in [0.25, 0.3) is 0 Å². The first-order valence-corrected chi connectivity index (χ1v) is 6.83. The van der Waals surface area contributed by atoms with Crippen LogP contribution in [0.15, 0.2) is 61.2 Å². The third-order valence-corrected chi connectivity index (χ3v) is 3.59. The van der Waals surface area contributed by atoms with E-state index in [1.807, 2.05) is 6.07 Å². The molecule has 0 amide bonds. The molecule has 0 aliphatic heterocycles. The van der Waals surface area contributed by atoms with Gasteiger partial charge in [-0.15, -0.1) is 6.58 Å². The van der Waals surface area contributed by atoms with Gasteiger partial charge in [0.05, 0.1) is 13.7 Å². The van der Waals surface area contributed by atoms with Crippen molar-refractivity contribution >= 4 is 11.6 Å². The van der Waals surface area contributed by atoms with Crippen LogP contribution in [0.3, 0.4) is 0 Å². The van der Waals surface area contributed by atoms with E-state index in [1.165, 1.54) is 13.2 Å². The Morgan fingerprint density at radius 2 is 1.76 bits per heavy atom. The molecular formula is C17H16ClFO2. The highest BCUT2D eigenvalue weighted by atomic mass is 35.5. The van der Waals surface area contributed by atoms with E-state index in [1.54, 1.807) is 42.5 Å². The summed E-state index contributed by atoms with van der Waals surface area (Å²) in [7, 11) is 1.53. The SMILES string of the molecule is C=CCOC(Cl)(c1ccccc1F)c1ccccc1OC. The summed E-state index contributed by atoms with van der Waals surface area (Å²) in [5.41, 5.74) is 0.777. The van der Waals surface area contributed by atoms with Crippen molar-refractivity contribution in [3.63, 3.8) is 0 Å². The molecule has 110 valence electrons. The molecule has 2 aromatic rings. The zero-order valence-electron chi connectivity index (χ0n) is 11.7. The number of alkyl halides is 1. The molecule has 2 aromatic carbocycles. The molecule has 21 heavy (non-hydrogen) atoms. The Balaban J connectivity index is 2.62. The van der Waals surface area contributed by atoms with Crippen LogP contribution in [-0.2, 0) is 9.80 Å². The molecule has 2 nitrogen and oxygen atoms in total. The molecule has 4 heteroatoms. The Morgan fingerprint density at radius 1 is 1.14 bits per heavy atom. The standard InChI is InChI=1S/C17H16ClFO2/c1-3-12-21-17(18,13-8-4-6-10-15(13)19)14-9-5-7-11-16(14)20-2/h3-11H,1,12H2,2H3. The van der Waals surface area contributed by atoms with E-state index in [2.05, 4.69) is 6.58 Å². The zero-order chi connectivity index (χ0) is 15.3. The van der Waals surface area contributed by atoms with Crippen LogP contribution in [0.5, 0.6) is 5.75 Å². The summed E-state index contributed by atoms with van der Waals surface area (Å²) in [6.45, 7) is 3.78. The maximum atomic E-state index is 14.2. The zero-order valence-corrected chi connectivity index (χ0v) is 12.4. The third-order valence-electron chi connectivity index (χ3n) is 3.07. The lowest BCUT2D eigenvalue weighted by Gasteiger charge is -2.29. The van der Waals surface area contributed by atoms with Gasteiger partial charge in [0.15, 0.2) is 5.06 Å². The van der Waals surface area contributed by atoms with Crippen molar-refractivity contribution in [2.75, 3.05) is 13.7 Å². The number of hydrogen-bond acceptors (Lipinski definition) is 2. The van der Waals surface area contributed by atoms with Crippen LogP contribution in [0.2, 0.25) is 0 Å². The number of halogens is 2. The Hall–Kier alpha value is -1.84. The predicted molar refractivity (Wildman–Crippen MR) is 82.2 cm³/mol. The fourth-order valence-corrected chi connectivity index (χ4v) is 2.48. The highest BCUT2D eigenvalue weighted by Gasteiger charge is 2.37. The van der Waals surface area contributed by atoms with Crippen molar-refractivity contribution in [1.82, 2.24) is 0 Å². The predicted octanol–water partition coefficient (Wildman–Crippen LogP) is 4.48. The number of methoxy groups -OCH3 is 1. The smallest absolute Gasteiger partial charge is 0.199 e. The second-order valence-corrected chi connectivity index (χ2v) is 4.91. The molecule has 2 rings (SSSR count). The minimum absolute atomic E-state index is 0.176. The van der Waals surface area contributed by atoms with Crippen LogP contribution in [-0.4, -0.2) is 13.7 Å². The van der Waals surface area contributed by atoms with E-state index >= 15 is 0 Å². The summed E-state index contributed by atoms with van der Waals surface area (Å²) in [6, 6.07) is 13.4. The molecule has 0 saturated carbocycles. The van der Waals surface area contributed by atoms with E-state index in [4.69, 9.17) is 21.1 Å². The van der Waals surface area contributed by atoms with Crippen molar-refractivity contribution in [3.8, 4) is 5.75 Å².